The number of hydrogen-bond acceptors (Lipinski definition) is 2. The largest absolute Gasteiger partial charge is 0.396 e. The molecule has 0 amide bonds. The molecule has 2 unspecified atom stereocenters. The number of rotatable bonds is 7. The lowest BCUT2D eigenvalue weighted by Crippen LogP contribution is -2.14. The number of aliphatic hydroxyl groups excluding tert-OH is 1. The van der Waals surface area contributed by atoms with Gasteiger partial charge >= 0.3 is 0 Å². The molecule has 0 heterocycles. The molecule has 0 bridgehead atoms. The van der Waals surface area contributed by atoms with Crippen molar-refractivity contribution < 1.29 is 9.90 Å². The lowest BCUT2D eigenvalue weighted by Gasteiger charge is -2.14. The molecule has 1 N–H and O–H groups in total. The fourth-order valence-electron chi connectivity index (χ4n) is 1.40. The standard InChI is InChI=1S/C11H22O2/c1-4-9(2)8-10(3)11(13)6-5-7-12/h9-10,12H,4-8H2,1-3H3. The van der Waals surface area contributed by atoms with E-state index in [0.29, 0.717) is 24.5 Å². The third-order valence-electron chi connectivity index (χ3n) is 2.58. The van der Waals surface area contributed by atoms with Crippen molar-refractivity contribution in [2.75, 3.05) is 6.61 Å². The van der Waals surface area contributed by atoms with Crippen molar-refractivity contribution >= 4 is 5.78 Å². The molecule has 0 aromatic rings. The minimum atomic E-state index is 0.127. The molecule has 0 spiro atoms. The van der Waals surface area contributed by atoms with E-state index >= 15 is 0 Å². The quantitative estimate of drug-likeness (QED) is 0.663. The minimum absolute atomic E-state index is 0.127. The molecule has 0 fully saturated rings. The highest BCUT2D eigenvalue weighted by atomic mass is 16.3. The molecule has 0 rings (SSSR count). The van der Waals surface area contributed by atoms with Crippen LogP contribution in [0.25, 0.3) is 0 Å². The molecule has 0 aromatic carbocycles. The van der Waals surface area contributed by atoms with Crippen LogP contribution in [-0.2, 0) is 4.79 Å². The smallest absolute Gasteiger partial charge is 0.135 e. The lowest BCUT2D eigenvalue weighted by molar-refractivity contribution is -0.123. The predicted molar refractivity (Wildman–Crippen MR) is 54.6 cm³/mol. The third-order valence-corrected chi connectivity index (χ3v) is 2.58. The fourth-order valence-corrected chi connectivity index (χ4v) is 1.40. The summed E-state index contributed by atoms with van der Waals surface area (Å²) in [6.45, 7) is 6.44. The van der Waals surface area contributed by atoms with Gasteiger partial charge in [-0.3, -0.25) is 4.79 Å². The SMILES string of the molecule is CCC(C)CC(C)C(=O)CCCO. The number of hydrogen-bond donors (Lipinski definition) is 1. The summed E-state index contributed by atoms with van der Waals surface area (Å²) >= 11 is 0. The summed E-state index contributed by atoms with van der Waals surface area (Å²) in [6.07, 6.45) is 3.27. The molecule has 2 heteroatoms. The zero-order valence-electron chi connectivity index (χ0n) is 9.05. The van der Waals surface area contributed by atoms with Gasteiger partial charge in [-0.15, -0.1) is 0 Å². The van der Waals surface area contributed by atoms with Gasteiger partial charge in [0.15, 0.2) is 0 Å². The first kappa shape index (κ1) is 12.6. The van der Waals surface area contributed by atoms with E-state index in [1.165, 1.54) is 0 Å². The first-order chi connectivity index (χ1) is 6.11. The van der Waals surface area contributed by atoms with E-state index in [1.54, 1.807) is 0 Å². The van der Waals surface area contributed by atoms with Crippen LogP contribution in [0.5, 0.6) is 0 Å². The number of carbonyl (C=O) groups is 1. The molecule has 0 radical (unpaired) electrons. The van der Waals surface area contributed by atoms with Gasteiger partial charge in [0.2, 0.25) is 0 Å². The molecule has 0 aliphatic carbocycles. The van der Waals surface area contributed by atoms with Crippen LogP contribution in [0.4, 0.5) is 0 Å². The highest BCUT2D eigenvalue weighted by Gasteiger charge is 2.14. The second-order valence-electron chi connectivity index (χ2n) is 3.94. The Morgan fingerprint density at radius 2 is 2.00 bits per heavy atom. The molecular weight excluding hydrogens is 164 g/mol. The van der Waals surface area contributed by atoms with Gasteiger partial charge in [-0.1, -0.05) is 27.2 Å². The van der Waals surface area contributed by atoms with Crippen molar-refractivity contribution in [2.24, 2.45) is 11.8 Å². The summed E-state index contributed by atoms with van der Waals surface area (Å²) in [5.74, 6) is 1.10. The summed E-state index contributed by atoms with van der Waals surface area (Å²) in [4.78, 5) is 11.4. The molecule has 0 aromatic heterocycles. The Labute approximate surface area is 81.3 Å². The first-order valence-corrected chi connectivity index (χ1v) is 5.25. The van der Waals surface area contributed by atoms with E-state index < -0.39 is 0 Å². The Bertz CT molecular complexity index is 143. The molecule has 78 valence electrons. The van der Waals surface area contributed by atoms with E-state index in [-0.39, 0.29) is 12.5 Å². The average molecular weight is 186 g/mol. The summed E-state index contributed by atoms with van der Waals surface area (Å²) < 4.78 is 0. The van der Waals surface area contributed by atoms with Gasteiger partial charge in [0.05, 0.1) is 0 Å². The highest BCUT2D eigenvalue weighted by Crippen LogP contribution is 2.16. The Balaban J connectivity index is 3.68. The van der Waals surface area contributed by atoms with Crippen LogP contribution in [0.2, 0.25) is 0 Å². The van der Waals surface area contributed by atoms with E-state index in [2.05, 4.69) is 13.8 Å². The van der Waals surface area contributed by atoms with E-state index in [1.807, 2.05) is 6.92 Å². The molecule has 0 aliphatic rings. The van der Waals surface area contributed by atoms with Gasteiger partial charge in [0, 0.05) is 18.9 Å². The van der Waals surface area contributed by atoms with Gasteiger partial charge in [-0.05, 0) is 18.8 Å². The monoisotopic (exact) mass is 186 g/mol. The first-order valence-electron chi connectivity index (χ1n) is 5.25. The van der Waals surface area contributed by atoms with Crippen LogP contribution in [0.1, 0.15) is 46.5 Å². The number of aliphatic hydroxyl groups is 1. The molecule has 13 heavy (non-hydrogen) atoms. The van der Waals surface area contributed by atoms with E-state index in [4.69, 9.17) is 5.11 Å². The summed E-state index contributed by atoms with van der Waals surface area (Å²) in [5.41, 5.74) is 0. The van der Waals surface area contributed by atoms with Crippen LogP contribution in [0.3, 0.4) is 0 Å². The van der Waals surface area contributed by atoms with Crippen LogP contribution in [-0.4, -0.2) is 17.5 Å². The normalized spacial score (nSPS) is 15.4. The molecule has 0 saturated carbocycles. The summed E-state index contributed by atoms with van der Waals surface area (Å²) in [7, 11) is 0. The molecule has 0 saturated heterocycles. The third kappa shape index (κ3) is 5.81. The van der Waals surface area contributed by atoms with Crippen molar-refractivity contribution in [1.82, 2.24) is 0 Å². The number of carbonyl (C=O) groups excluding carboxylic acids is 1. The number of Topliss-reactive ketones (excluding diaryl/α,β-unsaturated/α-hetero) is 1. The van der Waals surface area contributed by atoms with Gasteiger partial charge in [0.1, 0.15) is 5.78 Å². The Morgan fingerprint density at radius 3 is 2.46 bits per heavy atom. The maximum absolute atomic E-state index is 11.4. The van der Waals surface area contributed by atoms with Gasteiger partial charge < -0.3 is 5.11 Å². The van der Waals surface area contributed by atoms with Crippen LogP contribution >= 0.6 is 0 Å². The molecule has 2 nitrogen and oxygen atoms in total. The molecular formula is C11H22O2. The average Bonchev–Trinajstić information content (AvgIpc) is 2.13. The maximum Gasteiger partial charge on any atom is 0.135 e. The van der Waals surface area contributed by atoms with Crippen molar-refractivity contribution in [3.05, 3.63) is 0 Å². The second-order valence-corrected chi connectivity index (χ2v) is 3.94. The van der Waals surface area contributed by atoms with E-state index in [9.17, 15) is 4.79 Å². The van der Waals surface area contributed by atoms with Gasteiger partial charge in [-0.2, -0.15) is 0 Å². The van der Waals surface area contributed by atoms with Gasteiger partial charge in [0.25, 0.3) is 0 Å². The van der Waals surface area contributed by atoms with E-state index in [0.717, 1.165) is 12.8 Å². The fraction of sp³-hybridized carbons (Fsp3) is 0.909. The number of ketones is 1. The molecule has 2 atom stereocenters. The zero-order chi connectivity index (χ0) is 10.3. The van der Waals surface area contributed by atoms with Gasteiger partial charge in [-0.25, -0.2) is 0 Å². The van der Waals surface area contributed by atoms with Crippen molar-refractivity contribution in [2.45, 2.75) is 46.5 Å². The second kappa shape index (κ2) is 7.07. The van der Waals surface area contributed by atoms with Crippen molar-refractivity contribution in [3.8, 4) is 0 Å². The summed E-state index contributed by atoms with van der Waals surface area (Å²) in [6, 6.07) is 0. The predicted octanol–water partition coefficient (Wildman–Crippen LogP) is 2.40. The van der Waals surface area contributed by atoms with Crippen LogP contribution in [0, 0.1) is 11.8 Å². The molecule has 0 aliphatic heterocycles. The zero-order valence-corrected chi connectivity index (χ0v) is 9.05. The Morgan fingerprint density at radius 1 is 1.38 bits per heavy atom. The topological polar surface area (TPSA) is 37.3 Å². The summed E-state index contributed by atoms with van der Waals surface area (Å²) in [5, 5.41) is 8.57. The van der Waals surface area contributed by atoms with Crippen molar-refractivity contribution in [1.29, 1.82) is 0 Å². The van der Waals surface area contributed by atoms with Crippen LogP contribution < -0.4 is 0 Å². The highest BCUT2D eigenvalue weighted by molar-refractivity contribution is 5.80. The van der Waals surface area contributed by atoms with Crippen molar-refractivity contribution in [3.63, 3.8) is 0 Å². The Hall–Kier alpha value is -0.370. The minimum Gasteiger partial charge on any atom is -0.396 e. The lowest BCUT2D eigenvalue weighted by atomic mass is 9.91. The Kier molecular flexibility index (Phi) is 6.87. The van der Waals surface area contributed by atoms with Crippen LogP contribution in [0.15, 0.2) is 0 Å². The maximum atomic E-state index is 11.4.